The Kier molecular flexibility index (Phi) is 4.94. The van der Waals surface area contributed by atoms with Gasteiger partial charge in [0.15, 0.2) is 0 Å². The Morgan fingerprint density at radius 3 is 2.90 bits per heavy atom. The first-order valence-corrected chi connectivity index (χ1v) is 6.77. The van der Waals surface area contributed by atoms with Crippen LogP contribution in [0.3, 0.4) is 0 Å². The van der Waals surface area contributed by atoms with E-state index in [0.717, 1.165) is 10.9 Å². The van der Waals surface area contributed by atoms with E-state index in [-0.39, 0.29) is 11.8 Å². The number of fused-ring (bicyclic) bond motifs is 1. The number of hydrogen-bond acceptors (Lipinski definition) is 3. The molecule has 0 saturated carbocycles. The topological polar surface area (TPSA) is 83.2 Å². The van der Waals surface area contributed by atoms with E-state index in [1.54, 1.807) is 26.3 Å². The number of hydrogen-bond donors (Lipinski definition) is 3. The second kappa shape index (κ2) is 6.90. The summed E-state index contributed by atoms with van der Waals surface area (Å²) in [4.78, 5) is 27.1. The van der Waals surface area contributed by atoms with E-state index in [1.807, 2.05) is 18.2 Å². The van der Waals surface area contributed by atoms with Crippen LogP contribution in [0.1, 0.15) is 17.3 Å². The molecule has 0 radical (unpaired) electrons. The van der Waals surface area contributed by atoms with E-state index in [4.69, 9.17) is 4.74 Å². The van der Waals surface area contributed by atoms with Crippen LogP contribution < -0.4 is 10.6 Å². The van der Waals surface area contributed by atoms with E-state index in [2.05, 4.69) is 15.6 Å². The first-order valence-electron chi connectivity index (χ1n) is 6.77. The molecule has 1 unspecified atom stereocenters. The molecule has 0 aliphatic rings. The highest BCUT2D eigenvalue weighted by molar-refractivity contribution is 6.06. The van der Waals surface area contributed by atoms with Crippen LogP contribution in [0.5, 0.6) is 0 Å². The summed E-state index contributed by atoms with van der Waals surface area (Å²) in [6.45, 7) is 2.50. The number of aromatic nitrogens is 1. The summed E-state index contributed by atoms with van der Waals surface area (Å²) < 4.78 is 4.86. The van der Waals surface area contributed by atoms with Gasteiger partial charge in [0, 0.05) is 25.2 Å². The van der Waals surface area contributed by atoms with Gasteiger partial charge < -0.3 is 20.4 Å². The maximum Gasteiger partial charge on any atom is 0.254 e. The third kappa shape index (κ3) is 3.61. The molecule has 2 aromatic rings. The second-order valence-electron chi connectivity index (χ2n) is 4.73. The first-order chi connectivity index (χ1) is 10.1. The van der Waals surface area contributed by atoms with E-state index >= 15 is 0 Å². The standard InChI is InChI=1S/C15H19N3O3/c1-10(14(19)17-8-9-21-2)18-15(20)12-5-3-4-11-6-7-16-13(11)12/h3-7,10,16H,8-9H2,1-2H3,(H,17,19)(H,18,20). The zero-order valence-corrected chi connectivity index (χ0v) is 12.1. The fourth-order valence-electron chi connectivity index (χ4n) is 2.04. The normalized spacial score (nSPS) is 12.1. The minimum Gasteiger partial charge on any atom is -0.383 e. The Hall–Kier alpha value is -2.34. The van der Waals surface area contributed by atoms with Crippen molar-refractivity contribution in [2.75, 3.05) is 20.3 Å². The Morgan fingerprint density at radius 2 is 2.14 bits per heavy atom. The van der Waals surface area contributed by atoms with E-state index in [9.17, 15) is 9.59 Å². The van der Waals surface area contributed by atoms with Gasteiger partial charge in [-0.3, -0.25) is 9.59 Å². The minimum absolute atomic E-state index is 0.237. The van der Waals surface area contributed by atoms with Crippen molar-refractivity contribution >= 4 is 22.7 Å². The van der Waals surface area contributed by atoms with Gasteiger partial charge in [0.2, 0.25) is 5.91 Å². The summed E-state index contributed by atoms with van der Waals surface area (Å²) in [6, 6.07) is 6.74. The van der Waals surface area contributed by atoms with Crippen LogP contribution in [0.15, 0.2) is 30.5 Å². The van der Waals surface area contributed by atoms with E-state index < -0.39 is 6.04 Å². The fraction of sp³-hybridized carbons (Fsp3) is 0.333. The molecule has 1 atom stereocenters. The summed E-state index contributed by atoms with van der Waals surface area (Å²) in [5, 5.41) is 6.34. The number of amides is 2. The Balaban J connectivity index is 2.01. The van der Waals surface area contributed by atoms with Gasteiger partial charge in [-0.25, -0.2) is 0 Å². The lowest BCUT2D eigenvalue weighted by atomic mass is 10.1. The van der Waals surface area contributed by atoms with Crippen molar-refractivity contribution in [3.8, 4) is 0 Å². The number of H-pyrrole nitrogens is 1. The van der Waals surface area contributed by atoms with Gasteiger partial charge in [0.05, 0.1) is 17.7 Å². The summed E-state index contributed by atoms with van der Waals surface area (Å²) in [5.41, 5.74) is 1.29. The Labute approximate surface area is 122 Å². The van der Waals surface area contributed by atoms with E-state index in [0.29, 0.717) is 18.7 Å². The molecule has 6 heteroatoms. The molecule has 1 aromatic carbocycles. The van der Waals surface area contributed by atoms with Gasteiger partial charge >= 0.3 is 0 Å². The fourth-order valence-corrected chi connectivity index (χ4v) is 2.04. The third-order valence-electron chi connectivity index (χ3n) is 3.18. The molecule has 0 aliphatic heterocycles. The molecule has 1 aromatic heterocycles. The van der Waals surface area contributed by atoms with Crippen molar-refractivity contribution in [3.63, 3.8) is 0 Å². The van der Waals surface area contributed by atoms with Crippen molar-refractivity contribution in [3.05, 3.63) is 36.0 Å². The molecule has 0 aliphatic carbocycles. The average Bonchev–Trinajstić information content (AvgIpc) is 2.95. The molecule has 2 rings (SSSR count). The third-order valence-corrected chi connectivity index (χ3v) is 3.18. The lowest BCUT2D eigenvalue weighted by Crippen LogP contribution is -2.45. The minimum atomic E-state index is -0.612. The van der Waals surface area contributed by atoms with Crippen molar-refractivity contribution in [1.29, 1.82) is 0 Å². The lowest BCUT2D eigenvalue weighted by molar-refractivity contribution is -0.122. The maximum absolute atomic E-state index is 12.3. The number of rotatable bonds is 6. The number of aromatic amines is 1. The molecule has 6 nitrogen and oxygen atoms in total. The molecule has 0 bridgehead atoms. The average molecular weight is 289 g/mol. The van der Waals surface area contributed by atoms with Gasteiger partial charge in [-0.2, -0.15) is 0 Å². The molecular formula is C15H19N3O3. The van der Waals surface area contributed by atoms with Crippen LogP contribution in [-0.2, 0) is 9.53 Å². The molecule has 0 saturated heterocycles. The summed E-state index contributed by atoms with van der Waals surface area (Å²) in [5.74, 6) is -0.517. The van der Waals surface area contributed by atoms with Gasteiger partial charge in [-0.05, 0) is 19.1 Å². The molecule has 0 fully saturated rings. The van der Waals surface area contributed by atoms with Gasteiger partial charge in [-0.1, -0.05) is 12.1 Å². The van der Waals surface area contributed by atoms with Crippen molar-refractivity contribution in [1.82, 2.24) is 15.6 Å². The molecule has 2 amide bonds. The summed E-state index contributed by atoms with van der Waals surface area (Å²) in [6.07, 6.45) is 1.78. The second-order valence-corrected chi connectivity index (χ2v) is 4.73. The zero-order chi connectivity index (χ0) is 15.2. The number of benzene rings is 1. The van der Waals surface area contributed by atoms with Crippen LogP contribution in [0.4, 0.5) is 0 Å². The molecule has 3 N–H and O–H groups in total. The van der Waals surface area contributed by atoms with Gasteiger partial charge in [-0.15, -0.1) is 0 Å². The van der Waals surface area contributed by atoms with Gasteiger partial charge in [0.25, 0.3) is 5.91 Å². The van der Waals surface area contributed by atoms with Crippen molar-refractivity contribution in [2.45, 2.75) is 13.0 Å². The molecule has 1 heterocycles. The summed E-state index contributed by atoms with van der Waals surface area (Å²) in [7, 11) is 1.56. The quantitative estimate of drug-likeness (QED) is 0.695. The number of carbonyl (C=O) groups is 2. The molecule has 21 heavy (non-hydrogen) atoms. The smallest absolute Gasteiger partial charge is 0.254 e. The Morgan fingerprint density at radius 1 is 1.33 bits per heavy atom. The van der Waals surface area contributed by atoms with Crippen LogP contribution in [0, 0.1) is 0 Å². The largest absolute Gasteiger partial charge is 0.383 e. The van der Waals surface area contributed by atoms with Crippen molar-refractivity contribution < 1.29 is 14.3 Å². The lowest BCUT2D eigenvalue weighted by Gasteiger charge is -2.14. The molecule has 0 spiro atoms. The van der Waals surface area contributed by atoms with Crippen molar-refractivity contribution in [2.24, 2.45) is 0 Å². The van der Waals surface area contributed by atoms with Crippen LogP contribution in [0.25, 0.3) is 10.9 Å². The number of ether oxygens (including phenoxy) is 1. The molecule has 112 valence electrons. The maximum atomic E-state index is 12.3. The highest BCUT2D eigenvalue weighted by Gasteiger charge is 2.17. The molecular weight excluding hydrogens is 270 g/mol. The first kappa shape index (κ1) is 15.1. The van der Waals surface area contributed by atoms with Gasteiger partial charge in [0.1, 0.15) is 6.04 Å². The van der Waals surface area contributed by atoms with E-state index in [1.165, 1.54) is 0 Å². The monoisotopic (exact) mass is 289 g/mol. The number of methoxy groups -OCH3 is 1. The predicted octanol–water partition coefficient (Wildman–Crippen LogP) is 1.05. The van der Waals surface area contributed by atoms with Crippen LogP contribution >= 0.6 is 0 Å². The summed E-state index contributed by atoms with van der Waals surface area (Å²) >= 11 is 0. The Bertz CT molecular complexity index is 636. The number of nitrogens with one attached hydrogen (secondary N) is 3. The van der Waals surface area contributed by atoms with Crippen LogP contribution in [0.2, 0.25) is 0 Å². The van der Waals surface area contributed by atoms with Crippen LogP contribution in [-0.4, -0.2) is 43.1 Å². The highest BCUT2D eigenvalue weighted by Crippen LogP contribution is 2.16. The predicted molar refractivity (Wildman–Crippen MR) is 80.1 cm³/mol. The number of para-hydroxylation sites is 1. The zero-order valence-electron chi connectivity index (χ0n) is 12.1. The highest BCUT2D eigenvalue weighted by atomic mass is 16.5. The SMILES string of the molecule is COCCNC(=O)C(C)NC(=O)c1cccc2cc[nH]c12. The number of carbonyl (C=O) groups excluding carboxylic acids is 2.